The fourth-order valence-corrected chi connectivity index (χ4v) is 2.92. The van der Waals surface area contributed by atoms with Crippen molar-refractivity contribution in [2.75, 3.05) is 30.8 Å². The van der Waals surface area contributed by atoms with E-state index in [0.29, 0.717) is 0 Å². The van der Waals surface area contributed by atoms with Gasteiger partial charge in [0.15, 0.2) is 0 Å². The SMILES string of the molecule is CN1CCC(Nc2cc(C(F)(F)F)cc(NC(=O)Oc3ccccc3)n2)CC1. The zero-order valence-electron chi connectivity index (χ0n) is 15.3. The molecule has 28 heavy (non-hydrogen) atoms. The molecule has 0 atom stereocenters. The Hall–Kier alpha value is -2.81. The van der Waals surface area contributed by atoms with Gasteiger partial charge in [0.05, 0.1) is 5.56 Å². The molecule has 1 fully saturated rings. The first-order valence-electron chi connectivity index (χ1n) is 8.88. The van der Waals surface area contributed by atoms with E-state index in [-0.39, 0.29) is 23.4 Å². The van der Waals surface area contributed by atoms with Crippen LogP contribution in [-0.2, 0) is 6.18 Å². The number of hydrogen-bond donors (Lipinski definition) is 2. The van der Waals surface area contributed by atoms with Crippen LogP contribution in [0.25, 0.3) is 0 Å². The predicted octanol–water partition coefficient (Wildman–Crippen LogP) is 4.22. The van der Waals surface area contributed by atoms with Gasteiger partial charge in [-0.05, 0) is 57.2 Å². The Kier molecular flexibility index (Phi) is 6.03. The quantitative estimate of drug-likeness (QED) is 0.813. The lowest BCUT2D eigenvalue weighted by atomic mass is 10.1. The number of piperidine rings is 1. The van der Waals surface area contributed by atoms with E-state index in [9.17, 15) is 18.0 Å². The van der Waals surface area contributed by atoms with Gasteiger partial charge in [0.1, 0.15) is 17.4 Å². The highest BCUT2D eigenvalue weighted by atomic mass is 19.4. The third-order valence-electron chi connectivity index (χ3n) is 4.41. The van der Waals surface area contributed by atoms with E-state index in [1.54, 1.807) is 30.3 Å². The summed E-state index contributed by atoms with van der Waals surface area (Å²) in [6.45, 7) is 1.70. The molecule has 1 aliphatic rings. The van der Waals surface area contributed by atoms with E-state index in [2.05, 4.69) is 20.5 Å². The van der Waals surface area contributed by atoms with Crippen molar-refractivity contribution in [2.24, 2.45) is 0 Å². The number of nitrogens with one attached hydrogen (secondary N) is 2. The largest absolute Gasteiger partial charge is 0.418 e. The number of hydrogen-bond acceptors (Lipinski definition) is 5. The minimum Gasteiger partial charge on any atom is -0.410 e. The first-order valence-corrected chi connectivity index (χ1v) is 8.88. The number of amides is 1. The molecule has 2 aromatic rings. The maximum absolute atomic E-state index is 13.3. The van der Waals surface area contributed by atoms with Crippen LogP contribution in [-0.4, -0.2) is 42.2 Å². The normalized spacial score (nSPS) is 15.9. The van der Waals surface area contributed by atoms with E-state index in [4.69, 9.17) is 4.74 Å². The van der Waals surface area contributed by atoms with Crippen LogP contribution in [0.2, 0.25) is 0 Å². The summed E-state index contributed by atoms with van der Waals surface area (Å²) in [5, 5.41) is 5.31. The number of halogens is 3. The highest BCUT2D eigenvalue weighted by Crippen LogP contribution is 2.32. The number of ether oxygens (including phenoxy) is 1. The van der Waals surface area contributed by atoms with Gasteiger partial charge in [-0.1, -0.05) is 18.2 Å². The summed E-state index contributed by atoms with van der Waals surface area (Å²) in [6.07, 6.45) is -3.88. The lowest BCUT2D eigenvalue weighted by Gasteiger charge is -2.30. The third kappa shape index (κ3) is 5.59. The van der Waals surface area contributed by atoms with Crippen LogP contribution in [0.1, 0.15) is 18.4 Å². The molecule has 0 radical (unpaired) electrons. The van der Waals surface area contributed by atoms with Gasteiger partial charge in [-0.25, -0.2) is 9.78 Å². The van der Waals surface area contributed by atoms with Gasteiger partial charge in [-0.2, -0.15) is 13.2 Å². The number of benzene rings is 1. The first kappa shape index (κ1) is 19.9. The number of likely N-dealkylation sites (tertiary alicyclic amines) is 1. The van der Waals surface area contributed by atoms with Crippen molar-refractivity contribution in [3.05, 3.63) is 48.0 Å². The Morgan fingerprint density at radius 3 is 2.43 bits per heavy atom. The second kappa shape index (κ2) is 8.47. The Morgan fingerprint density at radius 2 is 1.79 bits per heavy atom. The first-order chi connectivity index (χ1) is 13.3. The van der Waals surface area contributed by atoms with E-state index in [1.165, 1.54) is 0 Å². The molecule has 1 aromatic heterocycles. The summed E-state index contributed by atoms with van der Waals surface area (Å²) < 4.78 is 44.8. The van der Waals surface area contributed by atoms with Gasteiger partial charge < -0.3 is 15.0 Å². The highest BCUT2D eigenvalue weighted by Gasteiger charge is 2.32. The predicted molar refractivity (Wildman–Crippen MR) is 99.5 cm³/mol. The standard InChI is InChI=1S/C19H21F3N4O2/c1-26-9-7-14(8-10-26)23-16-11-13(19(20,21)22)12-17(24-16)25-18(27)28-15-5-3-2-4-6-15/h2-6,11-12,14H,7-10H2,1H3,(H2,23,24,25,27). The molecular formula is C19H21F3N4O2. The van der Waals surface area contributed by atoms with Crippen molar-refractivity contribution in [1.82, 2.24) is 9.88 Å². The number of anilines is 2. The van der Waals surface area contributed by atoms with E-state index in [1.807, 2.05) is 7.05 Å². The number of alkyl halides is 3. The van der Waals surface area contributed by atoms with Crippen LogP contribution in [0.4, 0.5) is 29.6 Å². The molecule has 9 heteroatoms. The van der Waals surface area contributed by atoms with Crippen LogP contribution >= 0.6 is 0 Å². The third-order valence-corrected chi connectivity index (χ3v) is 4.41. The average Bonchev–Trinajstić information content (AvgIpc) is 2.63. The van der Waals surface area contributed by atoms with Gasteiger partial charge in [0.25, 0.3) is 0 Å². The Labute approximate surface area is 160 Å². The summed E-state index contributed by atoms with van der Waals surface area (Å²) in [4.78, 5) is 18.3. The number of nitrogens with zero attached hydrogens (tertiary/aromatic N) is 2. The summed E-state index contributed by atoms with van der Waals surface area (Å²) >= 11 is 0. The lowest BCUT2D eigenvalue weighted by Crippen LogP contribution is -2.37. The maximum atomic E-state index is 13.3. The molecule has 150 valence electrons. The zero-order valence-corrected chi connectivity index (χ0v) is 15.3. The van der Waals surface area contributed by atoms with Crippen molar-refractivity contribution in [2.45, 2.75) is 25.1 Å². The number of aromatic nitrogens is 1. The molecule has 2 heterocycles. The number of carbonyl (C=O) groups is 1. The maximum Gasteiger partial charge on any atom is 0.418 e. The number of pyridine rings is 1. The van der Waals surface area contributed by atoms with Crippen molar-refractivity contribution < 1.29 is 22.7 Å². The highest BCUT2D eigenvalue weighted by molar-refractivity contribution is 5.85. The van der Waals surface area contributed by atoms with Crippen molar-refractivity contribution >= 4 is 17.7 Å². The van der Waals surface area contributed by atoms with E-state index < -0.39 is 17.8 Å². The fraction of sp³-hybridized carbons (Fsp3) is 0.368. The molecule has 0 unspecified atom stereocenters. The molecule has 1 aromatic carbocycles. The molecule has 0 spiro atoms. The molecule has 1 amide bonds. The molecular weight excluding hydrogens is 373 g/mol. The van der Waals surface area contributed by atoms with Crippen LogP contribution in [0, 0.1) is 0 Å². The molecule has 0 bridgehead atoms. The second-order valence-corrected chi connectivity index (χ2v) is 6.67. The van der Waals surface area contributed by atoms with E-state index >= 15 is 0 Å². The van der Waals surface area contributed by atoms with Gasteiger partial charge in [-0.15, -0.1) is 0 Å². The Bertz CT molecular complexity index is 807. The topological polar surface area (TPSA) is 66.5 Å². The van der Waals surface area contributed by atoms with Crippen LogP contribution in [0.15, 0.2) is 42.5 Å². The summed E-state index contributed by atoms with van der Waals surface area (Å²) in [6, 6.07) is 9.98. The molecule has 1 aliphatic heterocycles. The van der Waals surface area contributed by atoms with Gasteiger partial charge in [0, 0.05) is 6.04 Å². The second-order valence-electron chi connectivity index (χ2n) is 6.67. The Balaban J connectivity index is 1.74. The average molecular weight is 394 g/mol. The van der Waals surface area contributed by atoms with Crippen LogP contribution in [0.3, 0.4) is 0 Å². The number of carbonyl (C=O) groups excluding carboxylic acids is 1. The summed E-state index contributed by atoms with van der Waals surface area (Å²) in [7, 11) is 2.00. The molecule has 2 N–H and O–H groups in total. The molecule has 1 saturated heterocycles. The van der Waals surface area contributed by atoms with Crippen molar-refractivity contribution in [1.29, 1.82) is 0 Å². The zero-order chi connectivity index (χ0) is 20.1. The van der Waals surface area contributed by atoms with Crippen LogP contribution < -0.4 is 15.4 Å². The minimum absolute atomic E-state index is 0.0244. The van der Waals surface area contributed by atoms with Crippen molar-refractivity contribution in [3.8, 4) is 5.75 Å². The van der Waals surface area contributed by atoms with Gasteiger partial charge >= 0.3 is 12.3 Å². The molecule has 6 nitrogen and oxygen atoms in total. The molecule has 0 aliphatic carbocycles. The summed E-state index contributed by atoms with van der Waals surface area (Å²) in [5.74, 6) is 0.113. The van der Waals surface area contributed by atoms with Gasteiger partial charge in [-0.3, -0.25) is 5.32 Å². The monoisotopic (exact) mass is 394 g/mol. The van der Waals surface area contributed by atoms with Gasteiger partial charge in [0.2, 0.25) is 0 Å². The smallest absolute Gasteiger partial charge is 0.410 e. The molecule has 0 saturated carbocycles. The lowest BCUT2D eigenvalue weighted by molar-refractivity contribution is -0.137. The fourth-order valence-electron chi connectivity index (χ4n) is 2.92. The van der Waals surface area contributed by atoms with Crippen molar-refractivity contribution in [3.63, 3.8) is 0 Å². The van der Waals surface area contributed by atoms with Crippen LogP contribution in [0.5, 0.6) is 5.75 Å². The number of rotatable bonds is 4. The molecule has 3 rings (SSSR count). The Morgan fingerprint density at radius 1 is 1.14 bits per heavy atom. The number of para-hydroxylation sites is 1. The van der Waals surface area contributed by atoms with E-state index in [0.717, 1.165) is 38.1 Å². The summed E-state index contributed by atoms with van der Waals surface area (Å²) in [5.41, 5.74) is -0.895. The minimum atomic E-state index is -4.56.